The van der Waals surface area contributed by atoms with Crippen LogP contribution in [0.5, 0.6) is 5.75 Å². The summed E-state index contributed by atoms with van der Waals surface area (Å²) in [6, 6.07) is 13.9. The highest BCUT2D eigenvalue weighted by Gasteiger charge is 2.17. The van der Waals surface area contributed by atoms with Crippen LogP contribution in [0.15, 0.2) is 48.5 Å². The fourth-order valence-corrected chi connectivity index (χ4v) is 2.71. The second-order valence-corrected chi connectivity index (χ2v) is 6.95. The van der Waals surface area contributed by atoms with Crippen molar-refractivity contribution in [3.8, 4) is 5.75 Å². The van der Waals surface area contributed by atoms with Crippen LogP contribution in [0.2, 0.25) is 0 Å². The van der Waals surface area contributed by atoms with Crippen molar-refractivity contribution < 1.29 is 19.1 Å². The summed E-state index contributed by atoms with van der Waals surface area (Å²) in [5.41, 5.74) is 1.42. The van der Waals surface area contributed by atoms with E-state index in [-0.39, 0.29) is 17.2 Å². The molecule has 3 amide bonds. The summed E-state index contributed by atoms with van der Waals surface area (Å²) in [5.74, 6) is -1.21. The minimum Gasteiger partial charge on any atom is -0.497 e. The number of rotatable bonds is 9. The summed E-state index contributed by atoms with van der Waals surface area (Å²) in [6.45, 7) is 1.50. The molecule has 30 heavy (non-hydrogen) atoms. The van der Waals surface area contributed by atoms with Crippen LogP contribution in [-0.4, -0.2) is 56.9 Å². The summed E-state index contributed by atoms with van der Waals surface area (Å²) in [5, 5.41) is 7.90. The molecule has 0 aliphatic carbocycles. The molecule has 0 aliphatic heterocycles. The molecule has 0 aromatic heterocycles. The number of nitrogens with zero attached hydrogens (tertiary/aromatic N) is 1. The highest BCUT2D eigenvalue weighted by Crippen LogP contribution is 2.16. The van der Waals surface area contributed by atoms with Crippen molar-refractivity contribution in [2.45, 2.75) is 13.0 Å². The van der Waals surface area contributed by atoms with E-state index in [4.69, 9.17) is 4.74 Å². The normalized spacial score (nSPS) is 10.4. The second kappa shape index (κ2) is 11.6. The van der Waals surface area contributed by atoms with Crippen molar-refractivity contribution in [2.24, 2.45) is 0 Å². The zero-order chi connectivity index (χ0) is 21.9. The summed E-state index contributed by atoms with van der Waals surface area (Å²) in [6.07, 6.45) is 0.731. The molecule has 3 N–H and O–H groups in total. The molecule has 0 atom stereocenters. The quantitative estimate of drug-likeness (QED) is 0.429. The summed E-state index contributed by atoms with van der Waals surface area (Å²) in [7, 11) is 5.45. The monoisotopic (exact) mass is 412 g/mol. The molecule has 0 aliphatic rings. The highest BCUT2D eigenvalue weighted by molar-refractivity contribution is 6.40. The van der Waals surface area contributed by atoms with E-state index in [9.17, 15) is 14.4 Å². The van der Waals surface area contributed by atoms with Gasteiger partial charge in [-0.2, -0.15) is 0 Å². The van der Waals surface area contributed by atoms with Gasteiger partial charge in [-0.1, -0.05) is 24.3 Å². The average Bonchev–Trinajstić information content (AvgIpc) is 2.75. The first kappa shape index (κ1) is 22.9. The summed E-state index contributed by atoms with van der Waals surface area (Å²) >= 11 is 0. The number of benzene rings is 2. The van der Waals surface area contributed by atoms with E-state index in [1.54, 1.807) is 31.4 Å². The third kappa shape index (κ3) is 7.21. The number of carbonyl (C=O) groups excluding carboxylic acids is 3. The van der Waals surface area contributed by atoms with Crippen LogP contribution in [0.4, 0.5) is 5.69 Å². The standard InChI is InChI=1S/C22H28N4O4/c1-26(2)13-7-12-23-21(28)22(29)25-19-11-5-4-10-18(19)20(27)24-15-16-8-6-9-17(14-16)30-3/h4-6,8-11,14H,7,12-13,15H2,1-3H3,(H,23,28)(H,24,27)(H,25,29). The third-order valence-electron chi connectivity index (χ3n) is 4.28. The molecular weight excluding hydrogens is 384 g/mol. The Labute approximate surface area is 176 Å². The lowest BCUT2D eigenvalue weighted by molar-refractivity contribution is -0.136. The Morgan fingerprint density at radius 1 is 0.967 bits per heavy atom. The molecule has 8 heteroatoms. The van der Waals surface area contributed by atoms with Crippen LogP contribution in [0.3, 0.4) is 0 Å². The first-order valence-electron chi connectivity index (χ1n) is 9.64. The fourth-order valence-electron chi connectivity index (χ4n) is 2.71. The van der Waals surface area contributed by atoms with E-state index in [1.807, 2.05) is 43.3 Å². The van der Waals surface area contributed by atoms with E-state index in [0.717, 1.165) is 18.5 Å². The maximum absolute atomic E-state index is 12.6. The molecule has 2 aromatic carbocycles. The Balaban J connectivity index is 1.94. The summed E-state index contributed by atoms with van der Waals surface area (Å²) in [4.78, 5) is 38.8. The maximum atomic E-state index is 12.6. The molecule has 8 nitrogen and oxygen atoms in total. The van der Waals surface area contributed by atoms with Gasteiger partial charge in [-0.25, -0.2) is 0 Å². The number of para-hydroxylation sites is 1. The SMILES string of the molecule is COc1cccc(CNC(=O)c2ccccc2NC(=O)C(=O)NCCCN(C)C)c1. The highest BCUT2D eigenvalue weighted by atomic mass is 16.5. The number of ether oxygens (including phenoxy) is 1. The largest absolute Gasteiger partial charge is 0.497 e. The van der Waals surface area contributed by atoms with Crippen LogP contribution < -0.4 is 20.7 Å². The van der Waals surface area contributed by atoms with Gasteiger partial charge in [-0.15, -0.1) is 0 Å². The van der Waals surface area contributed by atoms with Crippen molar-refractivity contribution in [1.82, 2.24) is 15.5 Å². The Bertz CT molecular complexity index is 883. The van der Waals surface area contributed by atoms with Crippen LogP contribution in [0, 0.1) is 0 Å². The lowest BCUT2D eigenvalue weighted by atomic mass is 10.1. The lowest BCUT2D eigenvalue weighted by Gasteiger charge is -2.12. The maximum Gasteiger partial charge on any atom is 0.313 e. The van der Waals surface area contributed by atoms with Crippen LogP contribution >= 0.6 is 0 Å². The minimum atomic E-state index is -0.812. The zero-order valence-corrected chi connectivity index (χ0v) is 17.5. The molecule has 0 saturated heterocycles. The Morgan fingerprint density at radius 3 is 2.47 bits per heavy atom. The number of carbonyl (C=O) groups is 3. The molecule has 0 saturated carbocycles. The predicted molar refractivity (Wildman–Crippen MR) is 115 cm³/mol. The molecule has 0 heterocycles. The van der Waals surface area contributed by atoms with Gasteiger partial charge in [-0.05, 0) is 56.9 Å². The molecular formula is C22H28N4O4. The van der Waals surface area contributed by atoms with E-state index < -0.39 is 11.8 Å². The Morgan fingerprint density at radius 2 is 1.73 bits per heavy atom. The van der Waals surface area contributed by atoms with Gasteiger partial charge < -0.3 is 25.6 Å². The number of hydrogen-bond acceptors (Lipinski definition) is 5. The van der Waals surface area contributed by atoms with Crippen LogP contribution in [0.1, 0.15) is 22.3 Å². The van der Waals surface area contributed by atoms with Gasteiger partial charge in [0.2, 0.25) is 0 Å². The molecule has 0 spiro atoms. The van der Waals surface area contributed by atoms with Crippen LogP contribution in [-0.2, 0) is 16.1 Å². The van der Waals surface area contributed by atoms with E-state index >= 15 is 0 Å². The Hall–Kier alpha value is -3.39. The van der Waals surface area contributed by atoms with Crippen molar-refractivity contribution in [1.29, 1.82) is 0 Å². The molecule has 2 aromatic rings. The lowest BCUT2D eigenvalue weighted by Crippen LogP contribution is -2.37. The minimum absolute atomic E-state index is 0.272. The average molecular weight is 412 g/mol. The van der Waals surface area contributed by atoms with Gasteiger partial charge in [0, 0.05) is 13.1 Å². The molecule has 0 radical (unpaired) electrons. The Kier molecular flexibility index (Phi) is 8.83. The summed E-state index contributed by atoms with van der Waals surface area (Å²) < 4.78 is 5.18. The van der Waals surface area contributed by atoms with Gasteiger partial charge in [-0.3, -0.25) is 14.4 Å². The molecule has 0 unspecified atom stereocenters. The first-order chi connectivity index (χ1) is 14.4. The number of methoxy groups -OCH3 is 1. The third-order valence-corrected chi connectivity index (χ3v) is 4.28. The first-order valence-corrected chi connectivity index (χ1v) is 9.64. The topological polar surface area (TPSA) is 99.8 Å². The van der Waals surface area contributed by atoms with Gasteiger partial charge in [0.25, 0.3) is 5.91 Å². The number of hydrogen-bond donors (Lipinski definition) is 3. The molecule has 0 bridgehead atoms. The van der Waals surface area contributed by atoms with Crippen molar-refractivity contribution in [2.75, 3.05) is 39.6 Å². The van der Waals surface area contributed by atoms with Crippen LogP contribution in [0.25, 0.3) is 0 Å². The number of amides is 3. The predicted octanol–water partition coefficient (Wildman–Crippen LogP) is 1.63. The van der Waals surface area contributed by atoms with E-state index in [0.29, 0.717) is 18.8 Å². The fraction of sp³-hybridized carbons (Fsp3) is 0.318. The van der Waals surface area contributed by atoms with Crippen molar-refractivity contribution in [3.63, 3.8) is 0 Å². The molecule has 160 valence electrons. The number of nitrogens with one attached hydrogen (secondary N) is 3. The smallest absolute Gasteiger partial charge is 0.313 e. The number of anilines is 1. The van der Waals surface area contributed by atoms with Crippen molar-refractivity contribution in [3.05, 3.63) is 59.7 Å². The van der Waals surface area contributed by atoms with Gasteiger partial charge in [0.15, 0.2) is 0 Å². The molecule has 0 fully saturated rings. The van der Waals surface area contributed by atoms with Gasteiger partial charge in [0.1, 0.15) is 5.75 Å². The van der Waals surface area contributed by atoms with E-state index in [2.05, 4.69) is 16.0 Å². The van der Waals surface area contributed by atoms with Gasteiger partial charge in [0.05, 0.1) is 18.4 Å². The van der Waals surface area contributed by atoms with Crippen molar-refractivity contribution >= 4 is 23.4 Å². The van der Waals surface area contributed by atoms with E-state index in [1.165, 1.54) is 0 Å². The van der Waals surface area contributed by atoms with Gasteiger partial charge >= 0.3 is 11.8 Å². The molecule has 2 rings (SSSR count). The second-order valence-electron chi connectivity index (χ2n) is 6.95. The zero-order valence-electron chi connectivity index (χ0n) is 17.5.